The van der Waals surface area contributed by atoms with E-state index in [-0.39, 0.29) is 11.3 Å². The molecule has 6 heteroatoms. The molecular formula is C13H11ClN2O3. The van der Waals surface area contributed by atoms with Crippen LogP contribution >= 0.6 is 11.6 Å². The van der Waals surface area contributed by atoms with E-state index >= 15 is 0 Å². The van der Waals surface area contributed by atoms with E-state index in [1.54, 1.807) is 12.1 Å². The molecule has 0 aliphatic rings. The topological polar surface area (TPSA) is 95.6 Å². The van der Waals surface area contributed by atoms with Gasteiger partial charge < -0.3 is 21.3 Å². The predicted octanol–water partition coefficient (Wildman–Crippen LogP) is 2.59. The van der Waals surface area contributed by atoms with Crippen molar-refractivity contribution in [2.24, 2.45) is 0 Å². The van der Waals surface area contributed by atoms with Gasteiger partial charge in [0.15, 0.2) is 11.5 Å². The fraction of sp³-hybridized carbons (Fsp3) is 0. The molecule has 0 aliphatic heterocycles. The Kier molecular flexibility index (Phi) is 3.48. The van der Waals surface area contributed by atoms with E-state index in [9.17, 15) is 15.0 Å². The number of phenols is 2. The van der Waals surface area contributed by atoms with E-state index in [0.717, 1.165) is 0 Å². The molecule has 0 fully saturated rings. The molecule has 0 bridgehead atoms. The molecule has 5 nitrogen and oxygen atoms in total. The lowest BCUT2D eigenvalue weighted by molar-refractivity contribution is 0.102. The molecular weight excluding hydrogens is 268 g/mol. The van der Waals surface area contributed by atoms with Gasteiger partial charge in [0.25, 0.3) is 5.91 Å². The predicted molar refractivity (Wildman–Crippen MR) is 73.6 cm³/mol. The number of para-hydroxylation sites is 1. The summed E-state index contributed by atoms with van der Waals surface area (Å²) in [5.41, 5.74) is 6.31. The first-order valence-electron chi connectivity index (χ1n) is 5.36. The van der Waals surface area contributed by atoms with Crippen molar-refractivity contribution in [1.29, 1.82) is 0 Å². The van der Waals surface area contributed by atoms with Gasteiger partial charge in [0.2, 0.25) is 0 Å². The van der Waals surface area contributed by atoms with Crippen LogP contribution in [-0.4, -0.2) is 16.1 Å². The third-order valence-electron chi connectivity index (χ3n) is 2.50. The number of amides is 1. The van der Waals surface area contributed by atoms with Crippen molar-refractivity contribution in [3.63, 3.8) is 0 Å². The average Bonchev–Trinajstić information content (AvgIpc) is 2.37. The maximum Gasteiger partial charge on any atom is 0.259 e. The molecule has 98 valence electrons. The lowest BCUT2D eigenvalue weighted by Gasteiger charge is -2.09. The molecule has 0 atom stereocenters. The van der Waals surface area contributed by atoms with Gasteiger partial charge in [0.05, 0.1) is 16.3 Å². The largest absolute Gasteiger partial charge is 0.504 e. The summed E-state index contributed by atoms with van der Waals surface area (Å²) in [6, 6.07) is 8.76. The smallest absolute Gasteiger partial charge is 0.259 e. The van der Waals surface area contributed by atoms with Crippen LogP contribution in [0.25, 0.3) is 0 Å². The number of hydrogen-bond acceptors (Lipinski definition) is 4. The molecule has 2 aromatic carbocycles. The minimum absolute atomic E-state index is 0.0570. The monoisotopic (exact) mass is 278 g/mol. The minimum Gasteiger partial charge on any atom is -0.504 e. The molecule has 0 spiro atoms. The molecule has 0 unspecified atom stereocenters. The Balaban J connectivity index is 2.31. The van der Waals surface area contributed by atoms with E-state index in [0.29, 0.717) is 16.4 Å². The fourth-order valence-electron chi connectivity index (χ4n) is 1.54. The van der Waals surface area contributed by atoms with Crippen LogP contribution in [0.1, 0.15) is 10.4 Å². The summed E-state index contributed by atoms with van der Waals surface area (Å²) in [4.78, 5) is 12.0. The van der Waals surface area contributed by atoms with Crippen LogP contribution in [-0.2, 0) is 0 Å². The zero-order chi connectivity index (χ0) is 14.0. The van der Waals surface area contributed by atoms with E-state index < -0.39 is 11.7 Å². The van der Waals surface area contributed by atoms with Crippen LogP contribution < -0.4 is 11.1 Å². The van der Waals surface area contributed by atoms with Crippen LogP contribution in [0.15, 0.2) is 36.4 Å². The number of nitrogens with two attached hydrogens (primary N) is 1. The van der Waals surface area contributed by atoms with Crippen molar-refractivity contribution in [2.45, 2.75) is 0 Å². The van der Waals surface area contributed by atoms with Gasteiger partial charge in [-0.05, 0) is 30.3 Å². The van der Waals surface area contributed by atoms with Crippen molar-refractivity contribution in [3.05, 3.63) is 47.0 Å². The first kappa shape index (κ1) is 13.0. The summed E-state index contributed by atoms with van der Waals surface area (Å²) >= 11 is 5.92. The van der Waals surface area contributed by atoms with Crippen molar-refractivity contribution < 1.29 is 15.0 Å². The Morgan fingerprint density at radius 3 is 2.68 bits per heavy atom. The number of aromatic hydroxyl groups is 2. The van der Waals surface area contributed by atoms with Crippen LogP contribution in [0.2, 0.25) is 5.02 Å². The minimum atomic E-state index is -0.596. The quantitative estimate of drug-likeness (QED) is 0.501. The summed E-state index contributed by atoms with van der Waals surface area (Å²) in [6.07, 6.45) is 0. The van der Waals surface area contributed by atoms with E-state index in [1.807, 2.05) is 0 Å². The molecule has 5 N–H and O–H groups in total. The number of rotatable bonds is 2. The maximum atomic E-state index is 12.0. The van der Waals surface area contributed by atoms with E-state index in [1.165, 1.54) is 24.3 Å². The lowest BCUT2D eigenvalue weighted by Crippen LogP contribution is -2.12. The molecule has 1 amide bonds. The van der Waals surface area contributed by atoms with E-state index in [4.69, 9.17) is 17.3 Å². The number of carbonyl (C=O) groups excluding carboxylic acids is 1. The number of halogens is 1. The zero-order valence-corrected chi connectivity index (χ0v) is 10.5. The van der Waals surface area contributed by atoms with Crippen molar-refractivity contribution in [1.82, 2.24) is 0 Å². The second kappa shape index (κ2) is 5.07. The second-order valence-corrected chi connectivity index (χ2v) is 4.27. The van der Waals surface area contributed by atoms with E-state index in [2.05, 4.69) is 5.32 Å². The second-order valence-electron chi connectivity index (χ2n) is 3.87. The van der Waals surface area contributed by atoms with Crippen LogP contribution in [0, 0.1) is 0 Å². The number of phenolic OH excluding ortho intramolecular Hbond substituents is 2. The van der Waals surface area contributed by atoms with Crippen LogP contribution in [0.4, 0.5) is 11.4 Å². The first-order chi connectivity index (χ1) is 8.99. The number of hydrogen-bond donors (Lipinski definition) is 4. The van der Waals surface area contributed by atoms with Gasteiger partial charge in [0, 0.05) is 5.69 Å². The summed E-state index contributed by atoms with van der Waals surface area (Å²) in [7, 11) is 0. The Hall–Kier alpha value is -2.40. The molecule has 19 heavy (non-hydrogen) atoms. The van der Waals surface area contributed by atoms with Crippen molar-refractivity contribution in [2.75, 3.05) is 11.1 Å². The third-order valence-corrected chi connectivity index (χ3v) is 2.83. The Bertz CT molecular complexity index is 644. The first-order valence-corrected chi connectivity index (χ1v) is 5.74. The van der Waals surface area contributed by atoms with Gasteiger partial charge in [0.1, 0.15) is 0 Å². The number of nitrogen functional groups attached to an aromatic ring is 1. The summed E-state index contributed by atoms with van der Waals surface area (Å²) in [6.45, 7) is 0. The van der Waals surface area contributed by atoms with Gasteiger partial charge in [-0.1, -0.05) is 17.7 Å². The molecule has 0 heterocycles. The Labute approximate surface area is 114 Å². The number of carbonyl (C=O) groups is 1. The fourth-order valence-corrected chi connectivity index (χ4v) is 1.71. The maximum absolute atomic E-state index is 12.0. The van der Waals surface area contributed by atoms with Gasteiger partial charge >= 0.3 is 0 Å². The summed E-state index contributed by atoms with van der Waals surface area (Å²) in [5, 5.41) is 21.8. The van der Waals surface area contributed by atoms with Crippen molar-refractivity contribution >= 4 is 28.9 Å². The highest BCUT2D eigenvalue weighted by Gasteiger charge is 2.15. The molecule has 0 saturated heterocycles. The summed E-state index contributed by atoms with van der Waals surface area (Å²) < 4.78 is 0. The number of anilines is 2. The standard InChI is InChI=1S/C13H11ClN2O3/c14-9-5-4-7(15)6-10(9)16-13(19)8-2-1-3-11(17)12(8)18/h1-6,17-18H,15H2,(H,16,19). The third kappa shape index (κ3) is 2.71. The normalized spacial score (nSPS) is 10.2. The summed E-state index contributed by atoms with van der Waals surface area (Å²) in [5.74, 6) is -1.45. The molecule has 0 aliphatic carbocycles. The molecule has 0 saturated carbocycles. The van der Waals surface area contributed by atoms with Gasteiger partial charge in [-0.2, -0.15) is 0 Å². The highest BCUT2D eigenvalue weighted by molar-refractivity contribution is 6.34. The highest BCUT2D eigenvalue weighted by atomic mass is 35.5. The zero-order valence-electron chi connectivity index (χ0n) is 9.72. The SMILES string of the molecule is Nc1ccc(Cl)c(NC(=O)c2cccc(O)c2O)c1. The molecule has 0 aromatic heterocycles. The Morgan fingerprint density at radius 1 is 1.21 bits per heavy atom. The molecule has 2 aromatic rings. The Morgan fingerprint density at radius 2 is 1.95 bits per heavy atom. The van der Waals surface area contributed by atoms with Gasteiger partial charge in [-0.15, -0.1) is 0 Å². The molecule has 0 radical (unpaired) electrons. The van der Waals surface area contributed by atoms with Gasteiger partial charge in [-0.3, -0.25) is 4.79 Å². The number of benzene rings is 2. The van der Waals surface area contributed by atoms with Gasteiger partial charge in [-0.25, -0.2) is 0 Å². The van der Waals surface area contributed by atoms with Crippen LogP contribution in [0.3, 0.4) is 0 Å². The lowest BCUT2D eigenvalue weighted by atomic mass is 10.1. The average molecular weight is 279 g/mol. The molecule has 2 rings (SSSR count). The van der Waals surface area contributed by atoms with Crippen molar-refractivity contribution in [3.8, 4) is 11.5 Å². The highest BCUT2D eigenvalue weighted by Crippen LogP contribution is 2.30. The van der Waals surface area contributed by atoms with Crippen LogP contribution in [0.5, 0.6) is 11.5 Å². The number of nitrogens with one attached hydrogen (secondary N) is 1.